The SMILES string of the molecule is CCCCCC(=O)Nc1ccnn1Cc1cccc(OC)c1OC. The Morgan fingerprint density at radius 1 is 1.21 bits per heavy atom. The Labute approximate surface area is 142 Å². The molecule has 0 spiro atoms. The first-order valence-electron chi connectivity index (χ1n) is 8.21. The summed E-state index contributed by atoms with van der Waals surface area (Å²) in [5.74, 6) is 2.05. The first-order valence-corrected chi connectivity index (χ1v) is 8.21. The van der Waals surface area contributed by atoms with Crippen LogP contribution in [0.15, 0.2) is 30.5 Å². The maximum atomic E-state index is 12.0. The topological polar surface area (TPSA) is 65.4 Å². The van der Waals surface area contributed by atoms with E-state index in [1.807, 2.05) is 18.2 Å². The normalized spacial score (nSPS) is 10.5. The third kappa shape index (κ3) is 4.50. The Bertz CT molecular complexity index is 667. The molecule has 0 saturated carbocycles. The number of benzene rings is 1. The van der Waals surface area contributed by atoms with Gasteiger partial charge in [0.15, 0.2) is 11.5 Å². The highest BCUT2D eigenvalue weighted by molar-refractivity contribution is 5.89. The van der Waals surface area contributed by atoms with Crippen LogP contribution >= 0.6 is 0 Å². The molecule has 0 aliphatic carbocycles. The zero-order valence-electron chi connectivity index (χ0n) is 14.5. The van der Waals surface area contributed by atoms with E-state index >= 15 is 0 Å². The van der Waals surface area contributed by atoms with E-state index in [-0.39, 0.29) is 5.91 Å². The summed E-state index contributed by atoms with van der Waals surface area (Å²) in [5.41, 5.74) is 0.932. The molecule has 1 aromatic carbocycles. The zero-order chi connectivity index (χ0) is 17.4. The second-order valence-corrected chi connectivity index (χ2v) is 5.53. The van der Waals surface area contributed by atoms with Gasteiger partial charge in [-0.25, -0.2) is 4.68 Å². The second-order valence-electron chi connectivity index (χ2n) is 5.53. The quantitative estimate of drug-likeness (QED) is 0.715. The summed E-state index contributed by atoms with van der Waals surface area (Å²) in [5, 5.41) is 7.22. The minimum Gasteiger partial charge on any atom is -0.493 e. The molecule has 1 aromatic heterocycles. The van der Waals surface area contributed by atoms with Crippen molar-refractivity contribution in [1.82, 2.24) is 9.78 Å². The van der Waals surface area contributed by atoms with Gasteiger partial charge in [0.2, 0.25) is 5.91 Å². The van der Waals surface area contributed by atoms with Crippen LogP contribution in [-0.2, 0) is 11.3 Å². The molecule has 0 radical (unpaired) electrons. The number of nitrogens with zero attached hydrogens (tertiary/aromatic N) is 2. The molecule has 1 amide bonds. The maximum absolute atomic E-state index is 12.0. The van der Waals surface area contributed by atoms with Gasteiger partial charge in [-0.05, 0) is 12.5 Å². The fourth-order valence-electron chi connectivity index (χ4n) is 2.55. The number of ether oxygens (including phenoxy) is 2. The van der Waals surface area contributed by atoms with Crippen molar-refractivity contribution in [2.24, 2.45) is 0 Å². The molecule has 0 atom stereocenters. The van der Waals surface area contributed by atoms with Gasteiger partial charge in [-0.3, -0.25) is 4.79 Å². The Morgan fingerprint density at radius 3 is 2.75 bits per heavy atom. The highest BCUT2D eigenvalue weighted by Crippen LogP contribution is 2.31. The van der Waals surface area contributed by atoms with Gasteiger partial charge in [-0.2, -0.15) is 5.10 Å². The second kappa shape index (κ2) is 8.96. The number of rotatable bonds is 9. The molecule has 0 unspecified atom stereocenters. The van der Waals surface area contributed by atoms with E-state index in [0.717, 1.165) is 24.8 Å². The van der Waals surface area contributed by atoms with E-state index in [0.29, 0.717) is 30.3 Å². The van der Waals surface area contributed by atoms with Crippen LogP contribution in [0.5, 0.6) is 11.5 Å². The van der Waals surface area contributed by atoms with Crippen LogP contribution in [0.2, 0.25) is 0 Å². The van der Waals surface area contributed by atoms with Crippen LogP contribution in [0.1, 0.15) is 38.2 Å². The predicted octanol–water partition coefficient (Wildman–Crippen LogP) is 3.47. The van der Waals surface area contributed by atoms with E-state index in [9.17, 15) is 4.79 Å². The van der Waals surface area contributed by atoms with Crippen LogP contribution in [0.3, 0.4) is 0 Å². The average Bonchev–Trinajstić information content (AvgIpc) is 3.01. The Balaban J connectivity index is 2.10. The molecule has 0 bridgehead atoms. The molecule has 1 heterocycles. The summed E-state index contributed by atoms with van der Waals surface area (Å²) in [6.45, 7) is 2.60. The number of aromatic nitrogens is 2. The molecule has 0 fully saturated rings. The molecule has 6 heteroatoms. The Hall–Kier alpha value is -2.50. The lowest BCUT2D eigenvalue weighted by Crippen LogP contribution is -2.16. The molecule has 0 aliphatic rings. The molecule has 0 saturated heterocycles. The maximum Gasteiger partial charge on any atom is 0.225 e. The van der Waals surface area contributed by atoms with Crippen LogP contribution in [0.25, 0.3) is 0 Å². The van der Waals surface area contributed by atoms with E-state index in [2.05, 4.69) is 17.3 Å². The fourth-order valence-corrected chi connectivity index (χ4v) is 2.55. The van der Waals surface area contributed by atoms with Gasteiger partial charge >= 0.3 is 0 Å². The van der Waals surface area contributed by atoms with Gasteiger partial charge in [0.25, 0.3) is 0 Å². The van der Waals surface area contributed by atoms with Crippen molar-refractivity contribution in [2.75, 3.05) is 19.5 Å². The minimum absolute atomic E-state index is 0.0165. The zero-order valence-corrected chi connectivity index (χ0v) is 14.5. The van der Waals surface area contributed by atoms with E-state index in [4.69, 9.17) is 9.47 Å². The fraction of sp³-hybridized carbons (Fsp3) is 0.444. The summed E-state index contributed by atoms with van der Waals surface area (Å²) in [7, 11) is 3.22. The number of methoxy groups -OCH3 is 2. The summed E-state index contributed by atoms with van der Waals surface area (Å²) in [6.07, 6.45) is 5.27. The highest BCUT2D eigenvalue weighted by atomic mass is 16.5. The molecular formula is C18H25N3O3. The number of carbonyl (C=O) groups is 1. The third-order valence-corrected chi connectivity index (χ3v) is 3.80. The van der Waals surface area contributed by atoms with Crippen molar-refractivity contribution in [2.45, 2.75) is 39.2 Å². The predicted molar refractivity (Wildman–Crippen MR) is 93.6 cm³/mol. The van der Waals surface area contributed by atoms with Gasteiger partial charge in [-0.15, -0.1) is 0 Å². The third-order valence-electron chi connectivity index (χ3n) is 3.80. The van der Waals surface area contributed by atoms with Gasteiger partial charge in [-0.1, -0.05) is 31.9 Å². The van der Waals surface area contributed by atoms with Crippen LogP contribution in [0, 0.1) is 0 Å². The van der Waals surface area contributed by atoms with Gasteiger partial charge in [0.05, 0.1) is 27.0 Å². The summed E-state index contributed by atoms with van der Waals surface area (Å²) < 4.78 is 12.5. The van der Waals surface area contributed by atoms with Gasteiger partial charge in [0.1, 0.15) is 5.82 Å². The summed E-state index contributed by atoms with van der Waals surface area (Å²) >= 11 is 0. The van der Waals surface area contributed by atoms with Crippen molar-refractivity contribution in [1.29, 1.82) is 0 Å². The van der Waals surface area contributed by atoms with Crippen molar-refractivity contribution in [3.8, 4) is 11.5 Å². The molecule has 2 rings (SSSR count). The molecule has 2 aromatic rings. The number of nitrogens with one attached hydrogen (secondary N) is 1. The van der Waals surface area contributed by atoms with Gasteiger partial charge in [0, 0.05) is 18.1 Å². The standard InChI is InChI=1S/C18H25N3O3/c1-4-5-6-10-17(22)20-16-11-12-19-21(16)13-14-8-7-9-15(23-2)18(14)24-3/h7-9,11-12H,4-6,10,13H2,1-3H3,(H,20,22). The average molecular weight is 331 g/mol. The first kappa shape index (κ1) is 17.8. The lowest BCUT2D eigenvalue weighted by Gasteiger charge is -2.14. The number of para-hydroxylation sites is 1. The van der Waals surface area contributed by atoms with Gasteiger partial charge < -0.3 is 14.8 Å². The highest BCUT2D eigenvalue weighted by Gasteiger charge is 2.13. The molecule has 24 heavy (non-hydrogen) atoms. The number of hydrogen-bond acceptors (Lipinski definition) is 4. The molecule has 1 N–H and O–H groups in total. The van der Waals surface area contributed by atoms with Crippen molar-refractivity contribution < 1.29 is 14.3 Å². The molecule has 6 nitrogen and oxygen atoms in total. The van der Waals surface area contributed by atoms with Crippen molar-refractivity contribution >= 4 is 11.7 Å². The summed E-state index contributed by atoms with van der Waals surface area (Å²) in [4.78, 5) is 12.0. The monoisotopic (exact) mass is 331 g/mol. The van der Waals surface area contributed by atoms with Crippen LogP contribution in [-0.4, -0.2) is 29.9 Å². The van der Waals surface area contributed by atoms with E-state index in [1.165, 1.54) is 0 Å². The van der Waals surface area contributed by atoms with Crippen molar-refractivity contribution in [3.63, 3.8) is 0 Å². The number of amides is 1. The number of carbonyl (C=O) groups excluding carboxylic acids is 1. The Kier molecular flexibility index (Phi) is 6.66. The number of hydrogen-bond donors (Lipinski definition) is 1. The molecule has 130 valence electrons. The Morgan fingerprint density at radius 2 is 2.04 bits per heavy atom. The van der Waals surface area contributed by atoms with E-state index < -0.39 is 0 Å². The van der Waals surface area contributed by atoms with Crippen LogP contribution in [0.4, 0.5) is 5.82 Å². The van der Waals surface area contributed by atoms with Crippen LogP contribution < -0.4 is 14.8 Å². The molecule has 0 aliphatic heterocycles. The smallest absolute Gasteiger partial charge is 0.225 e. The largest absolute Gasteiger partial charge is 0.493 e. The minimum atomic E-state index is 0.0165. The first-order chi connectivity index (χ1) is 11.7. The lowest BCUT2D eigenvalue weighted by atomic mass is 10.2. The number of anilines is 1. The lowest BCUT2D eigenvalue weighted by molar-refractivity contribution is -0.116. The number of unbranched alkanes of at least 4 members (excludes halogenated alkanes) is 2. The molecular weight excluding hydrogens is 306 g/mol. The summed E-state index contributed by atoms with van der Waals surface area (Å²) in [6, 6.07) is 7.51. The van der Waals surface area contributed by atoms with Crippen molar-refractivity contribution in [3.05, 3.63) is 36.0 Å². The van der Waals surface area contributed by atoms with E-state index in [1.54, 1.807) is 31.2 Å².